The first-order valence-electron chi connectivity index (χ1n) is 7.40. The number of methoxy groups -OCH3 is 2. The molecule has 1 N–H and O–H groups in total. The van der Waals surface area contributed by atoms with Crippen LogP contribution in [0.15, 0.2) is 52.5 Å². The van der Waals surface area contributed by atoms with Crippen molar-refractivity contribution in [2.24, 2.45) is 0 Å². The maximum atomic E-state index is 12.0. The SMILES string of the molecule is COc1ccc(OC)c(-c2csc(NC(=O)/C=C/c3ccco3)n2)c1. The number of carbonyl (C=O) groups is 1. The molecule has 0 aliphatic carbocycles. The van der Waals surface area contributed by atoms with Gasteiger partial charge in [0.1, 0.15) is 17.3 Å². The fourth-order valence-electron chi connectivity index (χ4n) is 2.16. The summed E-state index contributed by atoms with van der Waals surface area (Å²) in [6, 6.07) is 9.00. The lowest BCUT2D eigenvalue weighted by molar-refractivity contribution is -0.111. The zero-order valence-corrected chi connectivity index (χ0v) is 14.5. The summed E-state index contributed by atoms with van der Waals surface area (Å²) in [5.74, 6) is 1.71. The van der Waals surface area contributed by atoms with E-state index in [4.69, 9.17) is 13.9 Å². The number of thiazole rings is 1. The Morgan fingerprint density at radius 3 is 2.88 bits per heavy atom. The molecular weight excluding hydrogens is 340 g/mol. The van der Waals surface area contributed by atoms with E-state index >= 15 is 0 Å². The van der Waals surface area contributed by atoms with Gasteiger partial charge in [0, 0.05) is 17.0 Å². The van der Waals surface area contributed by atoms with Crippen LogP contribution in [0.4, 0.5) is 5.13 Å². The smallest absolute Gasteiger partial charge is 0.250 e. The number of nitrogens with zero attached hydrogens (tertiary/aromatic N) is 1. The molecule has 25 heavy (non-hydrogen) atoms. The van der Waals surface area contributed by atoms with E-state index in [1.54, 1.807) is 38.7 Å². The summed E-state index contributed by atoms with van der Waals surface area (Å²) in [5.41, 5.74) is 1.50. The average molecular weight is 356 g/mol. The molecule has 3 aromatic rings. The molecule has 0 atom stereocenters. The average Bonchev–Trinajstić information content (AvgIpc) is 3.31. The number of anilines is 1. The lowest BCUT2D eigenvalue weighted by Crippen LogP contribution is -2.07. The van der Waals surface area contributed by atoms with Gasteiger partial charge >= 0.3 is 0 Å². The molecule has 7 heteroatoms. The number of hydrogen-bond acceptors (Lipinski definition) is 6. The molecule has 0 bridgehead atoms. The summed E-state index contributed by atoms with van der Waals surface area (Å²) >= 11 is 1.33. The lowest BCUT2D eigenvalue weighted by atomic mass is 10.1. The minimum absolute atomic E-state index is 0.282. The third-order valence-corrected chi connectivity index (χ3v) is 4.12. The number of hydrogen-bond donors (Lipinski definition) is 1. The molecule has 0 aliphatic rings. The largest absolute Gasteiger partial charge is 0.497 e. The number of aromatic nitrogens is 1. The highest BCUT2D eigenvalue weighted by Gasteiger charge is 2.12. The first kappa shape index (κ1) is 16.8. The molecule has 2 heterocycles. The third-order valence-electron chi connectivity index (χ3n) is 3.36. The minimum Gasteiger partial charge on any atom is -0.497 e. The van der Waals surface area contributed by atoms with Crippen molar-refractivity contribution in [2.75, 3.05) is 19.5 Å². The van der Waals surface area contributed by atoms with Crippen molar-refractivity contribution in [2.45, 2.75) is 0 Å². The minimum atomic E-state index is -0.282. The van der Waals surface area contributed by atoms with E-state index in [2.05, 4.69) is 10.3 Å². The zero-order valence-electron chi connectivity index (χ0n) is 13.7. The predicted octanol–water partition coefficient (Wildman–Crippen LogP) is 4.07. The van der Waals surface area contributed by atoms with Gasteiger partial charge < -0.3 is 13.9 Å². The van der Waals surface area contributed by atoms with Crippen molar-refractivity contribution in [3.63, 3.8) is 0 Å². The number of ether oxygens (including phenoxy) is 2. The monoisotopic (exact) mass is 356 g/mol. The highest BCUT2D eigenvalue weighted by molar-refractivity contribution is 7.14. The molecule has 1 aromatic carbocycles. The summed E-state index contributed by atoms with van der Waals surface area (Å²) in [6.07, 6.45) is 4.53. The molecule has 1 amide bonds. The van der Waals surface area contributed by atoms with E-state index in [0.29, 0.717) is 28.1 Å². The van der Waals surface area contributed by atoms with Crippen LogP contribution in [0.25, 0.3) is 17.3 Å². The molecule has 6 nitrogen and oxygen atoms in total. The van der Waals surface area contributed by atoms with Crippen LogP contribution in [0.3, 0.4) is 0 Å². The van der Waals surface area contributed by atoms with Gasteiger partial charge in [-0.05, 0) is 36.4 Å². The van der Waals surface area contributed by atoms with Gasteiger partial charge in [0.25, 0.3) is 0 Å². The van der Waals surface area contributed by atoms with Crippen molar-refractivity contribution in [1.82, 2.24) is 4.98 Å². The van der Waals surface area contributed by atoms with Gasteiger partial charge in [0.05, 0.1) is 26.2 Å². The highest BCUT2D eigenvalue weighted by Crippen LogP contribution is 2.34. The third kappa shape index (κ3) is 4.07. The number of carbonyl (C=O) groups excluding carboxylic acids is 1. The molecule has 128 valence electrons. The Bertz CT molecular complexity index is 884. The lowest BCUT2D eigenvalue weighted by Gasteiger charge is -2.08. The topological polar surface area (TPSA) is 73.6 Å². The van der Waals surface area contributed by atoms with Crippen LogP contribution in [-0.4, -0.2) is 25.1 Å². The number of amides is 1. The summed E-state index contributed by atoms with van der Waals surface area (Å²) in [7, 11) is 3.20. The first-order chi connectivity index (χ1) is 12.2. The van der Waals surface area contributed by atoms with E-state index in [1.165, 1.54) is 17.4 Å². The molecule has 0 saturated carbocycles. The highest BCUT2D eigenvalue weighted by atomic mass is 32.1. The van der Waals surface area contributed by atoms with Gasteiger partial charge in [-0.25, -0.2) is 4.98 Å². The van der Waals surface area contributed by atoms with Gasteiger partial charge in [0.2, 0.25) is 5.91 Å². The molecular formula is C18H16N2O4S. The van der Waals surface area contributed by atoms with Crippen LogP contribution in [-0.2, 0) is 4.79 Å². The van der Waals surface area contributed by atoms with E-state index in [-0.39, 0.29) is 5.91 Å². The first-order valence-corrected chi connectivity index (χ1v) is 8.28. The van der Waals surface area contributed by atoms with Crippen molar-refractivity contribution >= 4 is 28.5 Å². The summed E-state index contributed by atoms with van der Waals surface area (Å²) in [5, 5.41) is 5.07. The van der Waals surface area contributed by atoms with Crippen LogP contribution >= 0.6 is 11.3 Å². The molecule has 0 saturated heterocycles. The quantitative estimate of drug-likeness (QED) is 0.674. The fraction of sp³-hybridized carbons (Fsp3) is 0.111. The zero-order chi connectivity index (χ0) is 17.6. The van der Waals surface area contributed by atoms with Crippen molar-refractivity contribution in [3.8, 4) is 22.8 Å². The molecule has 0 aliphatic heterocycles. The molecule has 0 fully saturated rings. The maximum Gasteiger partial charge on any atom is 0.250 e. The van der Waals surface area contributed by atoms with Crippen molar-refractivity contribution in [3.05, 3.63) is 53.8 Å². The molecule has 0 unspecified atom stereocenters. The standard InChI is InChI=1S/C18H16N2O4S/c1-22-13-5-7-16(23-2)14(10-13)15-11-25-18(19-15)20-17(21)8-6-12-4-3-9-24-12/h3-11H,1-2H3,(H,19,20,21)/b8-6+. The number of furan rings is 1. The maximum absolute atomic E-state index is 12.0. The summed E-state index contributed by atoms with van der Waals surface area (Å²) < 4.78 is 15.8. The van der Waals surface area contributed by atoms with Gasteiger partial charge in [-0.1, -0.05) is 0 Å². The number of rotatable bonds is 6. The Morgan fingerprint density at radius 2 is 2.16 bits per heavy atom. The molecule has 3 rings (SSSR count). The normalized spacial score (nSPS) is 10.8. The van der Waals surface area contributed by atoms with Crippen LogP contribution in [0.1, 0.15) is 5.76 Å². The van der Waals surface area contributed by atoms with E-state index in [0.717, 1.165) is 5.56 Å². The van der Waals surface area contributed by atoms with Gasteiger partial charge in [0.15, 0.2) is 5.13 Å². The van der Waals surface area contributed by atoms with E-state index in [9.17, 15) is 4.79 Å². The summed E-state index contributed by atoms with van der Waals surface area (Å²) in [6.45, 7) is 0. The Hall–Kier alpha value is -3.06. The molecule has 2 aromatic heterocycles. The number of benzene rings is 1. The Kier molecular flexibility index (Phi) is 5.15. The Labute approximate surface area is 148 Å². The van der Waals surface area contributed by atoms with Crippen molar-refractivity contribution < 1.29 is 18.7 Å². The predicted molar refractivity (Wildman–Crippen MR) is 97.0 cm³/mol. The number of nitrogens with one attached hydrogen (secondary N) is 1. The fourth-order valence-corrected chi connectivity index (χ4v) is 2.87. The van der Waals surface area contributed by atoms with Crippen LogP contribution < -0.4 is 14.8 Å². The molecule has 0 spiro atoms. The van der Waals surface area contributed by atoms with Gasteiger partial charge in [-0.3, -0.25) is 10.1 Å². The van der Waals surface area contributed by atoms with Crippen LogP contribution in [0.5, 0.6) is 11.5 Å². The van der Waals surface area contributed by atoms with Crippen molar-refractivity contribution in [1.29, 1.82) is 0 Å². The van der Waals surface area contributed by atoms with Crippen LogP contribution in [0, 0.1) is 0 Å². The second-order valence-electron chi connectivity index (χ2n) is 4.94. The van der Waals surface area contributed by atoms with E-state index in [1.807, 2.05) is 23.6 Å². The molecule has 0 radical (unpaired) electrons. The van der Waals surface area contributed by atoms with Gasteiger partial charge in [-0.2, -0.15) is 0 Å². The second kappa shape index (κ2) is 7.67. The van der Waals surface area contributed by atoms with Gasteiger partial charge in [-0.15, -0.1) is 11.3 Å². The van der Waals surface area contributed by atoms with Crippen LogP contribution in [0.2, 0.25) is 0 Å². The van der Waals surface area contributed by atoms with E-state index < -0.39 is 0 Å². The Morgan fingerprint density at radius 1 is 1.28 bits per heavy atom. The Balaban J connectivity index is 1.75. The second-order valence-corrected chi connectivity index (χ2v) is 5.80. The summed E-state index contributed by atoms with van der Waals surface area (Å²) in [4.78, 5) is 16.4.